The highest BCUT2D eigenvalue weighted by atomic mass is 32.1. The summed E-state index contributed by atoms with van der Waals surface area (Å²) in [5.74, 6) is 0. The summed E-state index contributed by atoms with van der Waals surface area (Å²) in [4.78, 5) is 5.23. The molecule has 0 amide bonds. The van der Waals surface area contributed by atoms with E-state index in [9.17, 15) is 0 Å². The van der Waals surface area contributed by atoms with Crippen molar-refractivity contribution >= 4 is 17.0 Å². The molecule has 3 heteroatoms. The minimum Gasteiger partial charge on any atom is -0.399 e. The lowest BCUT2D eigenvalue weighted by molar-refractivity contribution is 0.322. The largest absolute Gasteiger partial charge is 0.399 e. The molecular weight excluding hydrogens is 240 g/mol. The fourth-order valence-corrected chi connectivity index (χ4v) is 2.99. The first-order valence-electron chi connectivity index (χ1n) is 6.28. The van der Waals surface area contributed by atoms with Crippen LogP contribution in [0.15, 0.2) is 36.4 Å². The zero-order valence-electron chi connectivity index (χ0n) is 11.0. The number of hydrogen-bond donors (Lipinski definition) is 1. The first kappa shape index (κ1) is 13.1. The van der Waals surface area contributed by atoms with E-state index in [1.165, 1.54) is 15.3 Å². The number of benzene rings is 1. The van der Waals surface area contributed by atoms with Crippen molar-refractivity contribution in [3.05, 3.63) is 51.7 Å². The van der Waals surface area contributed by atoms with Crippen LogP contribution in [0.2, 0.25) is 0 Å². The van der Waals surface area contributed by atoms with Gasteiger partial charge in [0.25, 0.3) is 0 Å². The second-order valence-corrected chi connectivity index (χ2v) is 5.89. The van der Waals surface area contributed by atoms with Gasteiger partial charge in [-0.2, -0.15) is 0 Å². The van der Waals surface area contributed by atoms with Gasteiger partial charge in [0, 0.05) is 28.5 Å². The van der Waals surface area contributed by atoms with Crippen LogP contribution in [0.1, 0.15) is 22.2 Å². The Kier molecular flexibility index (Phi) is 4.39. The number of nitrogens with zero attached hydrogens (tertiary/aromatic N) is 1. The number of thiophene rings is 1. The minimum absolute atomic E-state index is 0.826. The van der Waals surface area contributed by atoms with Gasteiger partial charge in [-0.1, -0.05) is 19.1 Å². The molecule has 96 valence electrons. The monoisotopic (exact) mass is 260 g/mol. The molecule has 1 aromatic carbocycles. The summed E-state index contributed by atoms with van der Waals surface area (Å²) in [6.07, 6.45) is 1.13. The second-order valence-electron chi connectivity index (χ2n) is 4.64. The molecular formula is C15H20N2S. The van der Waals surface area contributed by atoms with E-state index in [0.29, 0.717) is 0 Å². The summed E-state index contributed by atoms with van der Waals surface area (Å²) >= 11 is 1.91. The molecule has 1 aromatic heterocycles. The third kappa shape index (κ3) is 3.59. The Morgan fingerprint density at radius 2 is 1.67 bits per heavy atom. The molecule has 2 nitrogen and oxygen atoms in total. The topological polar surface area (TPSA) is 29.3 Å². The fraction of sp³-hybridized carbons (Fsp3) is 0.333. The van der Waals surface area contributed by atoms with E-state index in [1.54, 1.807) is 0 Å². The van der Waals surface area contributed by atoms with Crippen LogP contribution in [0, 0.1) is 0 Å². The van der Waals surface area contributed by atoms with Gasteiger partial charge in [0.2, 0.25) is 0 Å². The lowest BCUT2D eigenvalue weighted by Crippen LogP contribution is -2.16. The quantitative estimate of drug-likeness (QED) is 0.833. The van der Waals surface area contributed by atoms with Crippen molar-refractivity contribution in [2.75, 3.05) is 12.8 Å². The lowest BCUT2D eigenvalue weighted by atomic mass is 10.2. The summed E-state index contributed by atoms with van der Waals surface area (Å²) < 4.78 is 0. The van der Waals surface area contributed by atoms with Crippen molar-refractivity contribution in [1.82, 2.24) is 4.90 Å². The molecule has 0 saturated heterocycles. The Hall–Kier alpha value is -1.32. The predicted octanol–water partition coefficient (Wildman–Crippen LogP) is 3.52. The predicted molar refractivity (Wildman–Crippen MR) is 79.7 cm³/mol. The highest BCUT2D eigenvalue weighted by molar-refractivity contribution is 7.11. The first-order chi connectivity index (χ1) is 8.67. The van der Waals surface area contributed by atoms with Gasteiger partial charge >= 0.3 is 0 Å². The van der Waals surface area contributed by atoms with Crippen molar-refractivity contribution in [2.24, 2.45) is 0 Å². The highest BCUT2D eigenvalue weighted by Gasteiger charge is 2.04. The van der Waals surface area contributed by atoms with Crippen LogP contribution < -0.4 is 5.73 Å². The number of aryl methyl sites for hydroxylation is 1. The van der Waals surface area contributed by atoms with Gasteiger partial charge in [-0.3, -0.25) is 4.90 Å². The number of nitrogens with two attached hydrogens (primary N) is 1. The SMILES string of the molecule is CCc1ccc(CN(C)Cc2ccc(N)cc2)s1. The molecule has 2 N–H and O–H groups in total. The normalized spacial score (nSPS) is 11.1. The Morgan fingerprint density at radius 3 is 2.28 bits per heavy atom. The van der Waals surface area contributed by atoms with Gasteiger partial charge in [0.15, 0.2) is 0 Å². The van der Waals surface area contributed by atoms with Gasteiger partial charge in [0.1, 0.15) is 0 Å². The molecule has 0 radical (unpaired) electrons. The number of anilines is 1. The van der Waals surface area contributed by atoms with E-state index in [-0.39, 0.29) is 0 Å². The van der Waals surface area contributed by atoms with E-state index in [1.807, 2.05) is 23.5 Å². The van der Waals surface area contributed by atoms with Crippen LogP contribution >= 0.6 is 11.3 Å². The van der Waals surface area contributed by atoms with Crippen molar-refractivity contribution in [3.8, 4) is 0 Å². The first-order valence-corrected chi connectivity index (χ1v) is 7.09. The van der Waals surface area contributed by atoms with Gasteiger partial charge < -0.3 is 5.73 Å². The van der Waals surface area contributed by atoms with Crippen molar-refractivity contribution < 1.29 is 0 Å². The highest BCUT2D eigenvalue weighted by Crippen LogP contribution is 2.19. The Bertz CT molecular complexity index is 487. The number of rotatable bonds is 5. The van der Waals surface area contributed by atoms with E-state index < -0.39 is 0 Å². The zero-order valence-corrected chi connectivity index (χ0v) is 11.8. The molecule has 0 unspecified atom stereocenters. The van der Waals surface area contributed by atoms with E-state index in [0.717, 1.165) is 25.2 Å². The number of nitrogen functional groups attached to an aromatic ring is 1. The maximum absolute atomic E-state index is 5.69. The van der Waals surface area contributed by atoms with Crippen molar-refractivity contribution in [1.29, 1.82) is 0 Å². The summed E-state index contributed by atoms with van der Waals surface area (Å²) in [6, 6.07) is 12.6. The Morgan fingerprint density at radius 1 is 1.00 bits per heavy atom. The van der Waals surface area contributed by atoms with Crippen LogP contribution in [0.5, 0.6) is 0 Å². The molecule has 2 aromatic rings. The van der Waals surface area contributed by atoms with Gasteiger partial charge in [-0.15, -0.1) is 11.3 Å². The third-order valence-corrected chi connectivity index (χ3v) is 4.14. The van der Waals surface area contributed by atoms with Crippen LogP contribution in [-0.4, -0.2) is 11.9 Å². The van der Waals surface area contributed by atoms with Gasteiger partial charge in [-0.05, 0) is 43.3 Å². The second kappa shape index (κ2) is 6.03. The van der Waals surface area contributed by atoms with Gasteiger partial charge in [0.05, 0.1) is 0 Å². The maximum atomic E-state index is 5.69. The molecule has 0 bridgehead atoms. The molecule has 1 heterocycles. The maximum Gasteiger partial charge on any atom is 0.0328 e. The van der Waals surface area contributed by atoms with Crippen molar-refractivity contribution in [2.45, 2.75) is 26.4 Å². The van der Waals surface area contributed by atoms with E-state index in [2.05, 4.69) is 43.1 Å². The standard InChI is InChI=1S/C15H20N2S/c1-3-14-8-9-15(18-14)11-17(2)10-12-4-6-13(16)7-5-12/h4-9H,3,10-11,16H2,1-2H3. The zero-order chi connectivity index (χ0) is 13.0. The molecule has 0 aliphatic heterocycles. The average molecular weight is 260 g/mol. The minimum atomic E-state index is 0.826. The number of hydrogen-bond acceptors (Lipinski definition) is 3. The molecule has 18 heavy (non-hydrogen) atoms. The van der Waals surface area contributed by atoms with Crippen LogP contribution in [0.4, 0.5) is 5.69 Å². The molecule has 0 fully saturated rings. The molecule has 2 rings (SSSR count). The molecule has 0 aliphatic carbocycles. The van der Waals surface area contributed by atoms with Crippen LogP contribution in [0.3, 0.4) is 0 Å². The third-order valence-electron chi connectivity index (χ3n) is 2.92. The van der Waals surface area contributed by atoms with E-state index >= 15 is 0 Å². The molecule has 0 atom stereocenters. The smallest absolute Gasteiger partial charge is 0.0328 e. The van der Waals surface area contributed by atoms with Crippen LogP contribution in [-0.2, 0) is 19.5 Å². The van der Waals surface area contributed by atoms with Crippen molar-refractivity contribution in [3.63, 3.8) is 0 Å². The van der Waals surface area contributed by atoms with Crippen LogP contribution in [0.25, 0.3) is 0 Å². The Labute approximate surface area is 113 Å². The molecule has 0 saturated carbocycles. The Balaban J connectivity index is 1.91. The van der Waals surface area contributed by atoms with Gasteiger partial charge in [-0.25, -0.2) is 0 Å². The molecule has 0 spiro atoms. The summed E-state index contributed by atoms with van der Waals surface area (Å²) in [7, 11) is 2.15. The summed E-state index contributed by atoms with van der Waals surface area (Å²) in [5, 5.41) is 0. The lowest BCUT2D eigenvalue weighted by Gasteiger charge is -2.15. The average Bonchev–Trinajstić information content (AvgIpc) is 2.79. The molecule has 0 aliphatic rings. The summed E-state index contributed by atoms with van der Waals surface area (Å²) in [5.41, 5.74) is 7.82. The van der Waals surface area contributed by atoms with E-state index in [4.69, 9.17) is 5.73 Å². The fourth-order valence-electron chi connectivity index (χ4n) is 1.95. The summed E-state index contributed by atoms with van der Waals surface area (Å²) in [6.45, 7) is 4.17.